The van der Waals surface area contributed by atoms with E-state index in [1.54, 1.807) is 25.5 Å². The zero-order valence-corrected chi connectivity index (χ0v) is 15.7. The molecule has 2 amide bonds. The Hall–Kier alpha value is -2.80. The standard InChI is InChI=1S/C19H20ClN3O4/c1-23(12-13-3-5-21-6-4-13)17(24)11-22-19(25)14-9-15(20)18-16(10-14)26-7-2-8-27-18/h3-6,9-10H,2,7-8,11-12H2,1H3,(H,22,25). The van der Waals surface area contributed by atoms with E-state index < -0.39 is 5.91 Å². The van der Waals surface area contributed by atoms with Crippen molar-refractivity contribution in [2.75, 3.05) is 26.8 Å². The number of halogens is 1. The number of likely N-dealkylation sites (N-methyl/N-ethyl adjacent to an activating group) is 1. The SMILES string of the molecule is CN(Cc1ccncc1)C(=O)CNC(=O)c1cc(Cl)c2c(c1)OCCCO2. The summed E-state index contributed by atoms with van der Waals surface area (Å²) in [5, 5.41) is 2.92. The molecular formula is C19H20ClN3O4. The van der Waals surface area contributed by atoms with Crippen molar-refractivity contribution in [2.45, 2.75) is 13.0 Å². The van der Waals surface area contributed by atoms with Gasteiger partial charge < -0.3 is 19.7 Å². The lowest BCUT2D eigenvalue weighted by Gasteiger charge is -2.17. The second-order valence-electron chi connectivity index (χ2n) is 6.12. The van der Waals surface area contributed by atoms with Crippen LogP contribution in [0.3, 0.4) is 0 Å². The molecule has 0 fully saturated rings. The summed E-state index contributed by atoms with van der Waals surface area (Å²) in [6, 6.07) is 6.76. The van der Waals surface area contributed by atoms with Crippen molar-refractivity contribution in [1.29, 1.82) is 0 Å². The maximum Gasteiger partial charge on any atom is 0.251 e. The van der Waals surface area contributed by atoms with Gasteiger partial charge in [0.25, 0.3) is 5.91 Å². The fourth-order valence-electron chi connectivity index (χ4n) is 2.61. The smallest absolute Gasteiger partial charge is 0.251 e. The van der Waals surface area contributed by atoms with Crippen LogP contribution in [-0.2, 0) is 11.3 Å². The molecule has 0 bridgehead atoms. The number of nitrogens with zero attached hydrogens (tertiary/aromatic N) is 2. The van der Waals surface area contributed by atoms with Crippen LogP contribution in [0.2, 0.25) is 5.02 Å². The monoisotopic (exact) mass is 389 g/mol. The van der Waals surface area contributed by atoms with Crippen LogP contribution >= 0.6 is 11.6 Å². The topological polar surface area (TPSA) is 80.8 Å². The summed E-state index contributed by atoms with van der Waals surface area (Å²) < 4.78 is 11.1. The average molecular weight is 390 g/mol. The van der Waals surface area contributed by atoms with Crippen molar-refractivity contribution < 1.29 is 19.1 Å². The van der Waals surface area contributed by atoms with E-state index in [0.717, 1.165) is 12.0 Å². The average Bonchev–Trinajstić information content (AvgIpc) is 2.92. The first-order valence-corrected chi connectivity index (χ1v) is 8.92. The molecule has 0 radical (unpaired) electrons. The van der Waals surface area contributed by atoms with Crippen molar-refractivity contribution in [1.82, 2.24) is 15.2 Å². The highest BCUT2D eigenvalue weighted by Crippen LogP contribution is 2.37. The molecule has 3 rings (SSSR count). The van der Waals surface area contributed by atoms with Gasteiger partial charge in [0.15, 0.2) is 11.5 Å². The maximum absolute atomic E-state index is 12.4. The minimum Gasteiger partial charge on any atom is -0.489 e. The number of aromatic nitrogens is 1. The molecule has 0 unspecified atom stereocenters. The Bertz CT molecular complexity index is 829. The fraction of sp³-hybridized carbons (Fsp3) is 0.316. The first-order chi connectivity index (χ1) is 13.0. The summed E-state index contributed by atoms with van der Waals surface area (Å²) in [5.41, 5.74) is 1.27. The molecule has 1 aromatic heterocycles. The molecule has 0 saturated heterocycles. The van der Waals surface area contributed by atoms with Crippen LogP contribution in [0.4, 0.5) is 0 Å². The van der Waals surface area contributed by atoms with Crippen LogP contribution in [0, 0.1) is 0 Å². The first kappa shape index (κ1) is 19.0. The third-order valence-electron chi connectivity index (χ3n) is 4.06. The van der Waals surface area contributed by atoms with E-state index in [9.17, 15) is 9.59 Å². The number of ether oxygens (including phenoxy) is 2. The number of carbonyl (C=O) groups is 2. The number of fused-ring (bicyclic) bond motifs is 1. The van der Waals surface area contributed by atoms with Gasteiger partial charge in [-0.15, -0.1) is 0 Å². The van der Waals surface area contributed by atoms with Gasteiger partial charge in [0.2, 0.25) is 5.91 Å². The van der Waals surface area contributed by atoms with E-state index in [1.807, 2.05) is 12.1 Å². The zero-order valence-electron chi connectivity index (χ0n) is 14.9. The molecule has 8 heteroatoms. The van der Waals surface area contributed by atoms with Gasteiger partial charge in [0.1, 0.15) is 0 Å². The Morgan fingerprint density at radius 1 is 1.22 bits per heavy atom. The quantitative estimate of drug-likeness (QED) is 0.848. The van der Waals surface area contributed by atoms with Crippen molar-refractivity contribution in [3.05, 3.63) is 52.8 Å². The number of nitrogens with one attached hydrogen (secondary N) is 1. The molecule has 7 nitrogen and oxygen atoms in total. The van der Waals surface area contributed by atoms with Gasteiger partial charge in [-0.2, -0.15) is 0 Å². The van der Waals surface area contributed by atoms with Crippen LogP contribution in [0.15, 0.2) is 36.7 Å². The second kappa shape index (κ2) is 8.73. The third kappa shape index (κ3) is 4.89. The largest absolute Gasteiger partial charge is 0.489 e. The van der Waals surface area contributed by atoms with Gasteiger partial charge in [0, 0.05) is 38.0 Å². The number of rotatable bonds is 5. The molecule has 142 valence electrons. The van der Waals surface area contributed by atoms with Gasteiger partial charge in [-0.25, -0.2) is 0 Å². The fourth-order valence-corrected chi connectivity index (χ4v) is 2.87. The van der Waals surface area contributed by atoms with Crippen LogP contribution in [-0.4, -0.2) is 48.5 Å². The molecule has 0 saturated carbocycles. The molecule has 0 atom stereocenters. The summed E-state index contributed by atoms with van der Waals surface area (Å²) in [5.74, 6) is 0.268. The van der Waals surface area contributed by atoms with Crippen LogP contribution in [0.25, 0.3) is 0 Å². The van der Waals surface area contributed by atoms with Crippen molar-refractivity contribution in [3.8, 4) is 11.5 Å². The number of hydrogen-bond donors (Lipinski definition) is 1. The van der Waals surface area contributed by atoms with E-state index in [-0.39, 0.29) is 12.5 Å². The van der Waals surface area contributed by atoms with E-state index >= 15 is 0 Å². The van der Waals surface area contributed by atoms with E-state index in [2.05, 4.69) is 10.3 Å². The third-order valence-corrected chi connectivity index (χ3v) is 4.34. The maximum atomic E-state index is 12.4. The lowest BCUT2D eigenvalue weighted by Crippen LogP contribution is -2.37. The number of pyridine rings is 1. The van der Waals surface area contributed by atoms with Crippen molar-refractivity contribution in [3.63, 3.8) is 0 Å². The van der Waals surface area contributed by atoms with E-state index in [0.29, 0.717) is 41.8 Å². The van der Waals surface area contributed by atoms with Crippen LogP contribution in [0.1, 0.15) is 22.3 Å². The van der Waals surface area contributed by atoms with Gasteiger partial charge in [-0.05, 0) is 29.8 Å². The summed E-state index contributed by atoms with van der Waals surface area (Å²) in [7, 11) is 1.68. The van der Waals surface area contributed by atoms with Crippen LogP contribution < -0.4 is 14.8 Å². The summed E-state index contributed by atoms with van der Waals surface area (Å²) in [6.07, 6.45) is 4.08. The Labute approximate surface area is 162 Å². The lowest BCUT2D eigenvalue weighted by molar-refractivity contribution is -0.129. The minimum absolute atomic E-state index is 0.119. The van der Waals surface area contributed by atoms with Gasteiger partial charge in [-0.3, -0.25) is 14.6 Å². The molecular weight excluding hydrogens is 370 g/mol. The van der Waals surface area contributed by atoms with E-state index in [4.69, 9.17) is 21.1 Å². The zero-order chi connectivity index (χ0) is 19.2. The Morgan fingerprint density at radius 2 is 1.96 bits per heavy atom. The molecule has 1 aromatic carbocycles. The number of benzene rings is 1. The number of hydrogen-bond acceptors (Lipinski definition) is 5. The molecule has 27 heavy (non-hydrogen) atoms. The molecule has 0 aliphatic carbocycles. The molecule has 1 aliphatic heterocycles. The minimum atomic E-state index is -0.404. The Morgan fingerprint density at radius 3 is 2.74 bits per heavy atom. The van der Waals surface area contributed by atoms with Crippen molar-refractivity contribution in [2.24, 2.45) is 0 Å². The molecule has 2 heterocycles. The second-order valence-corrected chi connectivity index (χ2v) is 6.53. The number of carbonyl (C=O) groups excluding carboxylic acids is 2. The summed E-state index contributed by atoms with van der Waals surface area (Å²) in [6.45, 7) is 1.32. The van der Waals surface area contributed by atoms with E-state index in [1.165, 1.54) is 11.0 Å². The predicted molar refractivity (Wildman–Crippen MR) is 100 cm³/mol. The highest BCUT2D eigenvalue weighted by Gasteiger charge is 2.19. The first-order valence-electron chi connectivity index (χ1n) is 8.55. The molecule has 1 N–H and O–H groups in total. The predicted octanol–water partition coefficient (Wildman–Crippen LogP) is 2.28. The molecule has 2 aromatic rings. The Kier molecular flexibility index (Phi) is 6.13. The molecule has 0 spiro atoms. The summed E-state index contributed by atoms with van der Waals surface area (Å²) >= 11 is 6.20. The molecule has 1 aliphatic rings. The lowest BCUT2D eigenvalue weighted by atomic mass is 10.2. The highest BCUT2D eigenvalue weighted by atomic mass is 35.5. The highest BCUT2D eigenvalue weighted by molar-refractivity contribution is 6.32. The van der Waals surface area contributed by atoms with Gasteiger partial charge >= 0.3 is 0 Å². The number of amides is 2. The normalized spacial score (nSPS) is 12.8. The summed E-state index contributed by atoms with van der Waals surface area (Å²) in [4.78, 5) is 30.1. The van der Waals surface area contributed by atoms with Crippen molar-refractivity contribution >= 4 is 23.4 Å². The van der Waals surface area contributed by atoms with Crippen LogP contribution in [0.5, 0.6) is 11.5 Å². The Balaban J connectivity index is 1.59. The van der Waals surface area contributed by atoms with Gasteiger partial charge in [0.05, 0.1) is 24.8 Å². The van der Waals surface area contributed by atoms with Gasteiger partial charge in [-0.1, -0.05) is 11.6 Å².